The van der Waals surface area contributed by atoms with Crippen LogP contribution in [-0.4, -0.2) is 47.4 Å². The molecule has 3 N–H and O–H groups in total. The van der Waals surface area contributed by atoms with Crippen LogP contribution in [0.2, 0.25) is 0 Å². The van der Waals surface area contributed by atoms with Gasteiger partial charge in [0.15, 0.2) is 0 Å². The van der Waals surface area contributed by atoms with Gasteiger partial charge in [-0.25, -0.2) is 0 Å². The lowest BCUT2D eigenvalue weighted by molar-refractivity contribution is -0.143. The van der Waals surface area contributed by atoms with Crippen LogP contribution >= 0.6 is 0 Å². The maximum Gasteiger partial charge on any atom is 0.305 e. The molecule has 0 radical (unpaired) electrons. The van der Waals surface area contributed by atoms with Crippen LogP contribution in [0.1, 0.15) is 393 Å². The SMILES string of the molecule is CCCCC/C=C\C/C=C\CCCCCCCC(=O)OCCCCCCCCCCCCCC/C=C\CCCCCCCCCCCC(=O)NC(CO)C(O)CCCCCCCCCCCCCCCCCCCCCCCC. The minimum Gasteiger partial charge on any atom is -0.466 e. The average molecular weight is 1110 g/mol. The Morgan fingerprint density at radius 3 is 1.00 bits per heavy atom. The first-order chi connectivity index (χ1) is 39.0. The topological polar surface area (TPSA) is 95.9 Å². The van der Waals surface area contributed by atoms with E-state index in [4.69, 9.17) is 4.74 Å². The van der Waals surface area contributed by atoms with Crippen LogP contribution in [0.15, 0.2) is 36.5 Å². The second-order valence-electron chi connectivity index (χ2n) is 24.6. The molecule has 466 valence electrons. The Morgan fingerprint density at radius 1 is 0.354 bits per heavy atom. The minimum absolute atomic E-state index is 0.0000282. The fraction of sp³-hybridized carbons (Fsp3) is 0.890. The molecule has 6 heteroatoms. The molecule has 0 aliphatic heterocycles. The maximum absolute atomic E-state index is 12.6. The van der Waals surface area contributed by atoms with Gasteiger partial charge in [0.1, 0.15) is 0 Å². The van der Waals surface area contributed by atoms with E-state index in [0.717, 1.165) is 51.4 Å². The lowest BCUT2D eigenvalue weighted by Gasteiger charge is -2.22. The summed E-state index contributed by atoms with van der Waals surface area (Å²) in [6, 6.07) is -0.545. The Kier molecular flexibility index (Phi) is 66.9. The summed E-state index contributed by atoms with van der Waals surface area (Å²) in [5, 5.41) is 23.4. The standard InChI is InChI=1S/C73H139NO5/c1-3-5-7-9-11-13-15-17-19-20-21-22-28-31-34-38-41-45-49-53-57-61-65-71(76)70(69-75)74-72(77)66-62-58-54-50-46-42-39-35-32-29-26-24-23-25-27-30-33-36-40-44-48-52-56-60-64-68-79-73(78)67-63-59-55-51-47-43-37-18-16-14-12-10-8-6-4-2/h12,14,18,24,26,37,70-71,75-76H,3-11,13,15-17,19-23,25,27-36,38-69H2,1-2H3,(H,74,77)/b14-12-,26-24-,37-18-. The van der Waals surface area contributed by atoms with Crippen LogP contribution in [0.3, 0.4) is 0 Å². The van der Waals surface area contributed by atoms with Crippen LogP contribution in [-0.2, 0) is 14.3 Å². The third-order valence-corrected chi connectivity index (χ3v) is 16.7. The molecule has 79 heavy (non-hydrogen) atoms. The summed E-state index contributed by atoms with van der Waals surface area (Å²) in [7, 11) is 0. The molecule has 0 spiro atoms. The van der Waals surface area contributed by atoms with E-state index in [1.807, 2.05) is 0 Å². The highest BCUT2D eigenvalue weighted by Gasteiger charge is 2.20. The number of aliphatic hydroxyl groups is 2. The molecular weight excluding hydrogens is 971 g/mol. The molecule has 0 saturated carbocycles. The van der Waals surface area contributed by atoms with Gasteiger partial charge in [0, 0.05) is 12.8 Å². The number of nitrogens with one attached hydrogen (secondary N) is 1. The predicted molar refractivity (Wildman–Crippen MR) is 347 cm³/mol. The zero-order valence-corrected chi connectivity index (χ0v) is 53.4. The van der Waals surface area contributed by atoms with Gasteiger partial charge in [-0.15, -0.1) is 0 Å². The number of esters is 1. The van der Waals surface area contributed by atoms with E-state index < -0.39 is 12.1 Å². The normalized spacial score (nSPS) is 12.7. The summed E-state index contributed by atoms with van der Waals surface area (Å²) in [6.45, 7) is 4.95. The van der Waals surface area contributed by atoms with Crippen molar-refractivity contribution in [3.63, 3.8) is 0 Å². The monoisotopic (exact) mass is 1110 g/mol. The molecule has 0 aliphatic carbocycles. The third-order valence-electron chi connectivity index (χ3n) is 16.7. The second kappa shape index (κ2) is 68.6. The van der Waals surface area contributed by atoms with Crippen LogP contribution in [0, 0.1) is 0 Å². The molecule has 0 aromatic rings. The lowest BCUT2D eigenvalue weighted by Crippen LogP contribution is -2.45. The molecule has 6 nitrogen and oxygen atoms in total. The van der Waals surface area contributed by atoms with Gasteiger partial charge in [-0.2, -0.15) is 0 Å². The first kappa shape index (κ1) is 77.1. The molecule has 0 aromatic heterocycles. The zero-order valence-electron chi connectivity index (χ0n) is 53.4. The average Bonchev–Trinajstić information content (AvgIpc) is 3.45. The molecule has 0 aromatic carbocycles. The minimum atomic E-state index is -0.668. The number of carbonyl (C=O) groups excluding carboxylic acids is 2. The van der Waals surface area contributed by atoms with Crippen molar-refractivity contribution >= 4 is 11.9 Å². The molecule has 0 fully saturated rings. The van der Waals surface area contributed by atoms with Crippen molar-refractivity contribution in [2.45, 2.75) is 405 Å². The molecule has 0 rings (SSSR count). The molecule has 1 amide bonds. The van der Waals surface area contributed by atoms with E-state index >= 15 is 0 Å². The number of rotatable bonds is 67. The van der Waals surface area contributed by atoms with Crippen molar-refractivity contribution in [2.24, 2.45) is 0 Å². The van der Waals surface area contributed by atoms with Crippen molar-refractivity contribution in [3.05, 3.63) is 36.5 Å². The summed E-state index contributed by atoms with van der Waals surface area (Å²) < 4.78 is 5.48. The van der Waals surface area contributed by atoms with Gasteiger partial charge in [-0.1, -0.05) is 333 Å². The van der Waals surface area contributed by atoms with Gasteiger partial charge >= 0.3 is 5.97 Å². The molecular formula is C73H139NO5. The number of hydrogen-bond donors (Lipinski definition) is 3. The van der Waals surface area contributed by atoms with Gasteiger partial charge < -0.3 is 20.3 Å². The molecule has 0 bridgehead atoms. The smallest absolute Gasteiger partial charge is 0.305 e. The number of ether oxygens (including phenoxy) is 1. The Bertz CT molecular complexity index is 1280. The molecule has 0 heterocycles. The first-order valence-corrected chi connectivity index (χ1v) is 35.7. The van der Waals surface area contributed by atoms with Crippen molar-refractivity contribution in [1.29, 1.82) is 0 Å². The highest BCUT2D eigenvalue weighted by molar-refractivity contribution is 5.76. The Balaban J connectivity index is 3.40. The van der Waals surface area contributed by atoms with E-state index in [9.17, 15) is 19.8 Å². The molecule has 0 aliphatic rings. The van der Waals surface area contributed by atoms with E-state index in [-0.39, 0.29) is 18.5 Å². The van der Waals surface area contributed by atoms with Crippen LogP contribution in [0.4, 0.5) is 0 Å². The summed E-state index contributed by atoms with van der Waals surface area (Å²) in [5.41, 5.74) is 0. The van der Waals surface area contributed by atoms with Crippen LogP contribution in [0.5, 0.6) is 0 Å². The number of allylic oxidation sites excluding steroid dienone is 6. The highest BCUT2D eigenvalue weighted by atomic mass is 16.5. The fourth-order valence-corrected chi connectivity index (χ4v) is 11.2. The molecule has 2 unspecified atom stereocenters. The zero-order chi connectivity index (χ0) is 57.1. The fourth-order valence-electron chi connectivity index (χ4n) is 11.2. The highest BCUT2D eigenvalue weighted by Crippen LogP contribution is 2.19. The number of unbranched alkanes of at least 4 members (excludes halogenated alkanes) is 50. The largest absolute Gasteiger partial charge is 0.466 e. The molecule has 2 atom stereocenters. The Labute approximate surface area is 494 Å². The van der Waals surface area contributed by atoms with Gasteiger partial charge in [-0.3, -0.25) is 9.59 Å². The Morgan fingerprint density at radius 2 is 0.633 bits per heavy atom. The number of hydrogen-bond acceptors (Lipinski definition) is 5. The summed E-state index contributed by atoms with van der Waals surface area (Å²) in [5.74, 6) is -0.0341. The number of aliphatic hydroxyl groups excluding tert-OH is 2. The summed E-state index contributed by atoms with van der Waals surface area (Å²) >= 11 is 0. The first-order valence-electron chi connectivity index (χ1n) is 35.7. The van der Waals surface area contributed by atoms with Crippen molar-refractivity contribution < 1.29 is 24.5 Å². The van der Waals surface area contributed by atoms with Gasteiger partial charge in [0.25, 0.3) is 0 Å². The summed E-state index contributed by atoms with van der Waals surface area (Å²) in [6.07, 6.45) is 87.6. The van der Waals surface area contributed by atoms with Crippen molar-refractivity contribution in [1.82, 2.24) is 5.32 Å². The van der Waals surface area contributed by atoms with Crippen LogP contribution in [0.25, 0.3) is 0 Å². The maximum atomic E-state index is 12.6. The third kappa shape index (κ3) is 65.1. The number of carbonyl (C=O) groups is 2. The van der Waals surface area contributed by atoms with E-state index in [1.165, 1.54) is 308 Å². The molecule has 0 saturated heterocycles. The van der Waals surface area contributed by atoms with Gasteiger partial charge in [0.05, 0.1) is 25.4 Å². The lowest BCUT2D eigenvalue weighted by atomic mass is 10.0. The van der Waals surface area contributed by atoms with Crippen molar-refractivity contribution in [2.75, 3.05) is 13.2 Å². The van der Waals surface area contributed by atoms with E-state index in [2.05, 4.69) is 55.6 Å². The second-order valence-corrected chi connectivity index (χ2v) is 24.6. The van der Waals surface area contributed by atoms with Crippen LogP contribution < -0.4 is 5.32 Å². The van der Waals surface area contributed by atoms with Crippen molar-refractivity contribution in [3.8, 4) is 0 Å². The van der Waals surface area contributed by atoms with Gasteiger partial charge in [-0.05, 0) is 83.5 Å². The van der Waals surface area contributed by atoms with E-state index in [1.54, 1.807) is 0 Å². The number of amides is 1. The summed E-state index contributed by atoms with van der Waals surface area (Å²) in [4.78, 5) is 24.6. The quantitative estimate of drug-likeness (QED) is 0.0320. The van der Waals surface area contributed by atoms with Gasteiger partial charge in [0.2, 0.25) is 5.91 Å². The predicted octanol–water partition coefficient (Wildman–Crippen LogP) is 23.1. The Hall–Kier alpha value is -1.92. The van der Waals surface area contributed by atoms with E-state index in [0.29, 0.717) is 25.9 Å².